The molecule has 4 nitrogen and oxygen atoms in total. The fourth-order valence-electron chi connectivity index (χ4n) is 2.21. The average Bonchev–Trinajstić information content (AvgIpc) is 3.04. The predicted molar refractivity (Wildman–Crippen MR) is 70.9 cm³/mol. The maximum absolute atomic E-state index is 13.5. The Morgan fingerprint density at radius 2 is 1.76 bits per heavy atom. The second-order valence-corrected chi connectivity index (χ2v) is 4.56. The Hall–Kier alpha value is -2.57. The van der Waals surface area contributed by atoms with E-state index >= 15 is 0 Å². The molecule has 0 aliphatic carbocycles. The smallest absolute Gasteiger partial charge is 0.282 e. The number of aromatic nitrogens is 4. The molecule has 0 fully saturated rings. The van der Waals surface area contributed by atoms with Crippen LogP contribution in [0, 0.1) is 6.92 Å². The SMILES string of the molecule is Cc1[nH]ncc1-c1cnn(-c2ccccc2)c1C(F)(F)F. The number of hydrogen-bond donors (Lipinski definition) is 1. The van der Waals surface area contributed by atoms with Gasteiger partial charge < -0.3 is 0 Å². The molecule has 3 aromatic rings. The molecule has 0 saturated heterocycles. The first-order valence-corrected chi connectivity index (χ1v) is 6.19. The highest BCUT2D eigenvalue weighted by Crippen LogP contribution is 2.38. The summed E-state index contributed by atoms with van der Waals surface area (Å²) in [5.74, 6) is 0. The number of nitrogens with zero attached hydrogens (tertiary/aromatic N) is 3. The van der Waals surface area contributed by atoms with Crippen molar-refractivity contribution in [2.24, 2.45) is 0 Å². The summed E-state index contributed by atoms with van der Waals surface area (Å²) in [6.07, 6.45) is -1.93. The fourth-order valence-corrected chi connectivity index (χ4v) is 2.21. The number of aromatic amines is 1. The third-order valence-corrected chi connectivity index (χ3v) is 3.16. The van der Waals surface area contributed by atoms with Gasteiger partial charge in [0.05, 0.1) is 18.1 Å². The second kappa shape index (κ2) is 4.76. The van der Waals surface area contributed by atoms with Crippen molar-refractivity contribution in [1.82, 2.24) is 20.0 Å². The Morgan fingerprint density at radius 1 is 1.05 bits per heavy atom. The van der Waals surface area contributed by atoms with Gasteiger partial charge in [-0.15, -0.1) is 0 Å². The third-order valence-electron chi connectivity index (χ3n) is 3.16. The van der Waals surface area contributed by atoms with Gasteiger partial charge in [-0.1, -0.05) is 18.2 Å². The molecule has 0 atom stereocenters. The standard InChI is InChI=1S/C14H11F3N4/c1-9-11(7-18-20-9)12-8-19-21(13(12)14(15,16)17)10-5-3-2-4-6-10/h2-8H,1H3,(H,18,20). The van der Waals surface area contributed by atoms with Crippen molar-refractivity contribution >= 4 is 0 Å². The van der Waals surface area contributed by atoms with Crippen molar-refractivity contribution in [3.05, 3.63) is 54.1 Å². The number of hydrogen-bond acceptors (Lipinski definition) is 2. The van der Waals surface area contributed by atoms with Gasteiger partial charge >= 0.3 is 6.18 Å². The molecule has 0 unspecified atom stereocenters. The third kappa shape index (κ3) is 2.31. The molecular formula is C14H11F3N4. The number of nitrogens with one attached hydrogen (secondary N) is 1. The van der Waals surface area contributed by atoms with E-state index in [1.54, 1.807) is 37.3 Å². The minimum Gasteiger partial charge on any atom is -0.282 e. The number of H-pyrrole nitrogens is 1. The number of halogens is 3. The van der Waals surface area contributed by atoms with Crippen LogP contribution in [-0.2, 0) is 6.18 Å². The largest absolute Gasteiger partial charge is 0.434 e. The van der Waals surface area contributed by atoms with E-state index in [0.717, 1.165) is 4.68 Å². The highest BCUT2D eigenvalue weighted by atomic mass is 19.4. The topological polar surface area (TPSA) is 46.5 Å². The summed E-state index contributed by atoms with van der Waals surface area (Å²) >= 11 is 0. The first-order valence-electron chi connectivity index (χ1n) is 6.19. The lowest BCUT2D eigenvalue weighted by Gasteiger charge is -2.12. The van der Waals surface area contributed by atoms with Crippen molar-refractivity contribution in [2.45, 2.75) is 13.1 Å². The van der Waals surface area contributed by atoms with E-state index in [4.69, 9.17) is 0 Å². The number of alkyl halides is 3. The Bertz CT molecular complexity index is 756. The highest BCUT2D eigenvalue weighted by molar-refractivity contribution is 5.68. The quantitative estimate of drug-likeness (QED) is 0.784. The molecule has 21 heavy (non-hydrogen) atoms. The average molecular weight is 292 g/mol. The summed E-state index contributed by atoms with van der Waals surface area (Å²) in [5.41, 5.74) is 0.519. The molecule has 0 spiro atoms. The van der Waals surface area contributed by atoms with Crippen molar-refractivity contribution in [1.29, 1.82) is 0 Å². The highest BCUT2D eigenvalue weighted by Gasteiger charge is 2.39. The van der Waals surface area contributed by atoms with E-state index in [-0.39, 0.29) is 5.56 Å². The van der Waals surface area contributed by atoms with Crippen LogP contribution in [0.4, 0.5) is 13.2 Å². The molecule has 0 aliphatic heterocycles. The maximum Gasteiger partial charge on any atom is 0.434 e. The molecule has 0 saturated carbocycles. The van der Waals surface area contributed by atoms with Crippen LogP contribution in [0.15, 0.2) is 42.7 Å². The zero-order valence-electron chi connectivity index (χ0n) is 11.0. The van der Waals surface area contributed by atoms with Gasteiger partial charge in [-0.05, 0) is 19.1 Å². The summed E-state index contributed by atoms with van der Waals surface area (Å²) in [6, 6.07) is 8.23. The number of rotatable bonds is 2. The molecule has 2 heterocycles. The van der Waals surface area contributed by atoms with Crippen LogP contribution in [0.5, 0.6) is 0 Å². The van der Waals surface area contributed by atoms with Gasteiger partial charge in [0.1, 0.15) is 0 Å². The number of aryl methyl sites for hydroxylation is 1. The zero-order chi connectivity index (χ0) is 15.0. The summed E-state index contributed by atoms with van der Waals surface area (Å²) < 4.78 is 41.3. The molecule has 3 rings (SSSR count). The van der Waals surface area contributed by atoms with Gasteiger partial charge in [0.25, 0.3) is 0 Å². The van der Waals surface area contributed by atoms with Crippen molar-refractivity contribution in [3.63, 3.8) is 0 Å². The van der Waals surface area contributed by atoms with Crippen LogP contribution in [-0.4, -0.2) is 20.0 Å². The van der Waals surface area contributed by atoms with Gasteiger partial charge in [0, 0.05) is 16.8 Å². The lowest BCUT2D eigenvalue weighted by Crippen LogP contribution is -2.14. The van der Waals surface area contributed by atoms with Crippen LogP contribution in [0.3, 0.4) is 0 Å². The van der Waals surface area contributed by atoms with Crippen LogP contribution >= 0.6 is 0 Å². The molecular weight excluding hydrogens is 281 g/mol. The molecule has 1 N–H and O–H groups in total. The van der Waals surface area contributed by atoms with E-state index in [1.807, 2.05) is 0 Å². The van der Waals surface area contributed by atoms with E-state index in [1.165, 1.54) is 12.4 Å². The Morgan fingerprint density at radius 3 is 2.33 bits per heavy atom. The molecule has 7 heteroatoms. The fraction of sp³-hybridized carbons (Fsp3) is 0.143. The zero-order valence-corrected chi connectivity index (χ0v) is 11.0. The van der Waals surface area contributed by atoms with Crippen LogP contribution < -0.4 is 0 Å². The normalized spacial score (nSPS) is 11.8. The van der Waals surface area contributed by atoms with Crippen molar-refractivity contribution < 1.29 is 13.2 Å². The lowest BCUT2D eigenvalue weighted by atomic mass is 10.1. The molecule has 0 radical (unpaired) electrons. The molecule has 108 valence electrons. The van der Waals surface area contributed by atoms with Gasteiger partial charge in [-0.2, -0.15) is 23.4 Å². The Kier molecular flexibility index (Phi) is 3.04. The van der Waals surface area contributed by atoms with Crippen LogP contribution in [0.2, 0.25) is 0 Å². The van der Waals surface area contributed by atoms with Crippen LogP contribution in [0.1, 0.15) is 11.4 Å². The summed E-state index contributed by atoms with van der Waals surface area (Å²) in [4.78, 5) is 0. The maximum atomic E-state index is 13.5. The first kappa shape index (κ1) is 13.4. The molecule has 0 aliphatic rings. The summed E-state index contributed by atoms with van der Waals surface area (Å²) in [6.45, 7) is 1.67. The molecule has 1 aromatic carbocycles. The van der Waals surface area contributed by atoms with Crippen LogP contribution in [0.25, 0.3) is 16.8 Å². The summed E-state index contributed by atoms with van der Waals surface area (Å²) in [7, 11) is 0. The van der Waals surface area contributed by atoms with E-state index < -0.39 is 11.9 Å². The molecule has 2 aromatic heterocycles. The minimum atomic E-state index is -4.52. The van der Waals surface area contributed by atoms with Gasteiger partial charge in [-0.3, -0.25) is 5.10 Å². The summed E-state index contributed by atoms with van der Waals surface area (Å²) in [5, 5.41) is 10.3. The number of para-hydroxylation sites is 1. The van der Waals surface area contributed by atoms with Gasteiger partial charge in [-0.25, -0.2) is 4.68 Å². The lowest BCUT2D eigenvalue weighted by molar-refractivity contribution is -0.142. The predicted octanol–water partition coefficient (Wildman–Crippen LogP) is 3.59. The van der Waals surface area contributed by atoms with Gasteiger partial charge in [0.2, 0.25) is 0 Å². The number of benzene rings is 1. The Balaban J connectivity index is 2.25. The molecule has 0 amide bonds. The van der Waals surface area contributed by atoms with Crippen molar-refractivity contribution in [2.75, 3.05) is 0 Å². The minimum absolute atomic E-state index is 0.0117. The van der Waals surface area contributed by atoms with E-state index in [2.05, 4.69) is 15.3 Å². The van der Waals surface area contributed by atoms with Gasteiger partial charge in [0.15, 0.2) is 5.69 Å². The van der Waals surface area contributed by atoms with E-state index in [0.29, 0.717) is 16.9 Å². The van der Waals surface area contributed by atoms with Crippen molar-refractivity contribution in [3.8, 4) is 16.8 Å². The van der Waals surface area contributed by atoms with E-state index in [9.17, 15) is 13.2 Å². The molecule has 0 bridgehead atoms. The second-order valence-electron chi connectivity index (χ2n) is 4.56. The Labute approximate surface area is 118 Å². The monoisotopic (exact) mass is 292 g/mol. The first-order chi connectivity index (χ1) is 9.98.